The Hall–Kier alpha value is -2.41. The van der Waals surface area contributed by atoms with E-state index in [9.17, 15) is 4.79 Å². The van der Waals surface area contributed by atoms with Gasteiger partial charge in [0.05, 0.1) is 12.6 Å². The standard InChI is InChI=1S/C17H22N4O3/c1-23-11-12-24-16-15(6-2-7-18-16)17(22)20-9-3-5-14(13-20)21-10-4-8-19-21/h2,4,6-8,10,14H,3,5,9,11-13H2,1H3/t14-/m0/s1. The highest BCUT2D eigenvalue weighted by molar-refractivity contribution is 5.96. The van der Waals surface area contributed by atoms with Crippen LogP contribution in [0.5, 0.6) is 5.88 Å². The number of hydrogen-bond donors (Lipinski definition) is 0. The van der Waals surface area contributed by atoms with Crippen LogP contribution in [-0.4, -0.2) is 59.0 Å². The normalized spacial score (nSPS) is 17.7. The number of likely N-dealkylation sites (tertiary alicyclic amines) is 1. The summed E-state index contributed by atoms with van der Waals surface area (Å²) in [5.74, 6) is 0.313. The lowest BCUT2D eigenvalue weighted by Crippen LogP contribution is -2.41. The molecule has 7 nitrogen and oxygen atoms in total. The fourth-order valence-corrected chi connectivity index (χ4v) is 2.91. The molecular weight excluding hydrogens is 308 g/mol. The van der Waals surface area contributed by atoms with Crippen molar-refractivity contribution in [3.63, 3.8) is 0 Å². The lowest BCUT2D eigenvalue weighted by molar-refractivity contribution is 0.0665. The number of rotatable bonds is 6. The number of carbonyl (C=O) groups is 1. The molecule has 3 rings (SSSR count). The second-order valence-electron chi connectivity index (χ2n) is 5.73. The van der Waals surface area contributed by atoms with Gasteiger partial charge in [-0.2, -0.15) is 5.10 Å². The van der Waals surface area contributed by atoms with Crippen LogP contribution in [0.25, 0.3) is 0 Å². The molecule has 0 spiro atoms. The Morgan fingerprint density at radius 3 is 3.04 bits per heavy atom. The van der Waals surface area contributed by atoms with Crippen LogP contribution in [0.4, 0.5) is 0 Å². The molecule has 0 aliphatic carbocycles. The number of methoxy groups -OCH3 is 1. The number of aromatic nitrogens is 3. The van der Waals surface area contributed by atoms with Crippen LogP contribution in [0.2, 0.25) is 0 Å². The smallest absolute Gasteiger partial charge is 0.259 e. The Kier molecular flexibility index (Phi) is 5.43. The molecule has 0 radical (unpaired) electrons. The number of nitrogens with zero attached hydrogens (tertiary/aromatic N) is 4. The summed E-state index contributed by atoms with van der Waals surface area (Å²) in [7, 11) is 1.61. The second-order valence-corrected chi connectivity index (χ2v) is 5.73. The summed E-state index contributed by atoms with van der Waals surface area (Å²) in [6.07, 6.45) is 7.32. The summed E-state index contributed by atoms with van der Waals surface area (Å²) in [4.78, 5) is 19.0. The molecule has 1 atom stereocenters. The fourth-order valence-electron chi connectivity index (χ4n) is 2.91. The van der Waals surface area contributed by atoms with Gasteiger partial charge in [-0.25, -0.2) is 4.98 Å². The number of amides is 1. The SMILES string of the molecule is COCCOc1ncccc1C(=O)N1CCC[C@H](n2cccn2)C1. The maximum Gasteiger partial charge on any atom is 0.259 e. The van der Waals surface area contributed by atoms with E-state index in [1.54, 1.807) is 31.6 Å². The van der Waals surface area contributed by atoms with Gasteiger partial charge in [0.25, 0.3) is 5.91 Å². The number of piperidine rings is 1. The van der Waals surface area contributed by atoms with E-state index in [1.807, 2.05) is 21.8 Å². The third kappa shape index (κ3) is 3.73. The van der Waals surface area contributed by atoms with E-state index in [1.165, 1.54) is 0 Å². The maximum absolute atomic E-state index is 12.9. The van der Waals surface area contributed by atoms with Gasteiger partial charge in [0.2, 0.25) is 5.88 Å². The van der Waals surface area contributed by atoms with E-state index < -0.39 is 0 Å². The van der Waals surface area contributed by atoms with Crippen molar-refractivity contribution in [2.45, 2.75) is 18.9 Å². The van der Waals surface area contributed by atoms with E-state index in [-0.39, 0.29) is 11.9 Å². The van der Waals surface area contributed by atoms with Crippen molar-refractivity contribution in [1.82, 2.24) is 19.7 Å². The van der Waals surface area contributed by atoms with E-state index >= 15 is 0 Å². The quantitative estimate of drug-likeness (QED) is 0.755. The van der Waals surface area contributed by atoms with Crippen molar-refractivity contribution in [2.24, 2.45) is 0 Å². The molecule has 1 aliphatic rings. The molecule has 24 heavy (non-hydrogen) atoms. The lowest BCUT2D eigenvalue weighted by atomic mass is 10.0. The number of ether oxygens (including phenoxy) is 2. The van der Waals surface area contributed by atoms with Crippen LogP contribution in [0.15, 0.2) is 36.8 Å². The highest BCUT2D eigenvalue weighted by Crippen LogP contribution is 2.24. The second kappa shape index (κ2) is 7.92. The van der Waals surface area contributed by atoms with Gasteiger partial charge < -0.3 is 14.4 Å². The summed E-state index contributed by atoms with van der Waals surface area (Å²) in [6, 6.07) is 5.64. The number of pyridine rings is 1. The van der Waals surface area contributed by atoms with Crippen molar-refractivity contribution in [1.29, 1.82) is 0 Å². The zero-order valence-corrected chi connectivity index (χ0v) is 13.8. The number of carbonyl (C=O) groups excluding carboxylic acids is 1. The summed E-state index contributed by atoms with van der Waals surface area (Å²) in [6.45, 7) is 2.20. The van der Waals surface area contributed by atoms with Gasteiger partial charge in [-0.15, -0.1) is 0 Å². The molecule has 128 valence electrons. The van der Waals surface area contributed by atoms with Gasteiger partial charge in [-0.1, -0.05) is 0 Å². The first kappa shape index (κ1) is 16.4. The number of hydrogen-bond acceptors (Lipinski definition) is 5. The molecule has 0 aromatic carbocycles. The predicted molar refractivity (Wildman–Crippen MR) is 88.0 cm³/mol. The summed E-state index contributed by atoms with van der Waals surface area (Å²) >= 11 is 0. The first-order valence-corrected chi connectivity index (χ1v) is 8.14. The Balaban J connectivity index is 1.71. The van der Waals surface area contributed by atoms with E-state index in [2.05, 4.69) is 10.1 Å². The highest BCUT2D eigenvalue weighted by atomic mass is 16.5. The Morgan fingerprint density at radius 2 is 2.25 bits per heavy atom. The fraction of sp³-hybridized carbons (Fsp3) is 0.471. The molecular formula is C17H22N4O3. The van der Waals surface area contributed by atoms with Crippen molar-refractivity contribution >= 4 is 5.91 Å². The first-order valence-electron chi connectivity index (χ1n) is 8.14. The van der Waals surface area contributed by atoms with Gasteiger partial charge >= 0.3 is 0 Å². The molecule has 7 heteroatoms. The monoisotopic (exact) mass is 330 g/mol. The Morgan fingerprint density at radius 1 is 1.33 bits per heavy atom. The highest BCUT2D eigenvalue weighted by Gasteiger charge is 2.27. The molecule has 2 aromatic heterocycles. The van der Waals surface area contributed by atoms with Crippen molar-refractivity contribution in [2.75, 3.05) is 33.4 Å². The lowest BCUT2D eigenvalue weighted by Gasteiger charge is -2.33. The molecule has 3 heterocycles. The molecule has 0 N–H and O–H groups in total. The zero-order chi connectivity index (χ0) is 16.8. The van der Waals surface area contributed by atoms with Crippen LogP contribution in [-0.2, 0) is 4.74 Å². The summed E-state index contributed by atoms with van der Waals surface area (Å²) in [5, 5.41) is 4.30. The van der Waals surface area contributed by atoms with Gasteiger partial charge in [0, 0.05) is 38.8 Å². The Bertz CT molecular complexity index is 660. The molecule has 1 aliphatic heterocycles. The summed E-state index contributed by atoms with van der Waals surface area (Å²) in [5.41, 5.74) is 0.495. The first-order chi connectivity index (χ1) is 11.8. The average molecular weight is 330 g/mol. The van der Waals surface area contributed by atoms with Gasteiger partial charge in [0.1, 0.15) is 12.2 Å². The van der Waals surface area contributed by atoms with Gasteiger partial charge in [-0.3, -0.25) is 9.48 Å². The Labute approximate surface area is 141 Å². The van der Waals surface area contributed by atoms with Crippen molar-refractivity contribution in [3.8, 4) is 5.88 Å². The van der Waals surface area contributed by atoms with Crippen LogP contribution in [0, 0.1) is 0 Å². The van der Waals surface area contributed by atoms with Crippen LogP contribution in [0.1, 0.15) is 29.2 Å². The molecule has 0 unspecified atom stereocenters. The molecule has 1 amide bonds. The minimum atomic E-state index is -0.0487. The minimum Gasteiger partial charge on any atom is -0.475 e. The summed E-state index contributed by atoms with van der Waals surface area (Å²) < 4.78 is 12.5. The van der Waals surface area contributed by atoms with E-state index in [0.29, 0.717) is 31.2 Å². The van der Waals surface area contributed by atoms with E-state index in [0.717, 1.165) is 19.4 Å². The largest absolute Gasteiger partial charge is 0.475 e. The van der Waals surface area contributed by atoms with Gasteiger partial charge in [-0.05, 0) is 31.0 Å². The third-order valence-corrected chi connectivity index (χ3v) is 4.11. The van der Waals surface area contributed by atoms with Crippen LogP contribution < -0.4 is 4.74 Å². The molecule has 0 saturated carbocycles. The molecule has 2 aromatic rings. The topological polar surface area (TPSA) is 69.5 Å². The molecule has 1 saturated heterocycles. The van der Waals surface area contributed by atoms with Crippen molar-refractivity contribution in [3.05, 3.63) is 42.4 Å². The average Bonchev–Trinajstić information content (AvgIpc) is 3.17. The third-order valence-electron chi connectivity index (χ3n) is 4.11. The predicted octanol–water partition coefficient (Wildman–Crippen LogP) is 1.78. The van der Waals surface area contributed by atoms with Gasteiger partial charge in [0.15, 0.2) is 0 Å². The molecule has 0 bridgehead atoms. The molecule has 1 fully saturated rings. The van der Waals surface area contributed by atoms with Crippen LogP contribution in [0.3, 0.4) is 0 Å². The maximum atomic E-state index is 12.9. The van der Waals surface area contributed by atoms with Crippen LogP contribution >= 0.6 is 0 Å². The van der Waals surface area contributed by atoms with Crippen molar-refractivity contribution < 1.29 is 14.3 Å². The zero-order valence-electron chi connectivity index (χ0n) is 13.8. The minimum absolute atomic E-state index is 0.0487. The van der Waals surface area contributed by atoms with E-state index in [4.69, 9.17) is 9.47 Å².